The highest BCUT2D eigenvalue weighted by Crippen LogP contribution is 2.33. The number of sulfonamides is 1. The zero-order valence-electron chi connectivity index (χ0n) is 12.1. The zero-order valence-corrected chi connectivity index (χ0v) is 13.0. The van der Waals surface area contributed by atoms with Crippen LogP contribution in [0.5, 0.6) is 0 Å². The number of benzene rings is 1. The Hall–Kier alpha value is -1.44. The van der Waals surface area contributed by atoms with E-state index in [1.807, 2.05) is 0 Å². The van der Waals surface area contributed by atoms with Gasteiger partial charge in [-0.3, -0.25) is 4.79 Å². The molecule has 1 N–H and O–H groups in total. The molecule has 7 heteroatoms. The van der Waals surface area contributed by atoms with E-state index in [0.29, 0.717) is 18.7 Å². The van der Waals surface area contributed by atoms with Crippen molar-refractivity contribution in [1.29, 1.82) is 0 Å². The van der Waals surface area contributed by atoms with E-state index in [1.165, 1.54) is 12.1 Å². The number of nitrogens with zero attached hydrogens (tertiary/aromatic N) is 1. The molecule has 22 heavy (non-hydrogen) atoms. The standard InChI is InChI=1S/C15H19NO5S/c17-15(18)10-11-4-6-12(7-5-11)22(19,20)16-8-9-21-14-3-1-2-13(14)16/h4-7,13-14H,1-3,8-10H2,(H,17,18)/t13-,14+/m0/s1. The molecule has 2 atom stereocenters. The number of aliphatic carboxylic acids is 1. The summed E-state index contributed by atoms with van der Waals surface area (Å²) in [6.45, 7) is 0.803. The lowest BCUT2D eigenvalue weighted by atomic mass is 10.2. The van der Waals surface area contributed by atoms with Crippen LogP contribution in [-0.4, -0.2) is 49.1 Å². The van der Waals surface area contributed by atoms with Gasteiger partial charge >= 0.3 is 5.97 Å². The predicted molar refractivity (Wildman–Crippen MR) is 79.1 cm³/mol. The summed E-state index contributed by atoms with van der Waals surface area (Å²) in [7, 11) is -3.56. The van der Waals surface area contributed by atoms with Crippen molar-refractivity contribution in [1.82, 2.24) is 4.31 Å². The minimum absolute atomic E-state index is 0.00908. The summed E-state index contributed by atoms with van der Waals surface area (Å²) < 4.78 is 32.8. The van der Waals surface area contributed by atoms with Gasteiger partial charge in [0.1, 0.15) is 0 Å². The van der Waals surface area contributed by atoms with E-state index in [1.54, 1.807) is 16.4 Å². The van der Waals surface area contributed by atoms with Crippen molar-refractivity contribution >= 4 is 16.0 Å². The molecule has 1 aromatic carbocycles. The van der Waals surface area contributed by atoms with Gasteiger partial charge in [-0.25, -0.2) is 8.42 Å². The van der Waals surface area contributed by atoms with E-state index in [-0.39, 0.29) is 23.5 Å². The summed E-state index contributed by atoms with van der Waals surface area (Å²) >= 11 is 0. The normalized spacial score (nSPS) is 25.8. The van der Waals surface area contributed by atoms with E-state index in [9.17, 15) is 13.2 Å². The fraction of sp³-hybridized carbons (Fsp3) is 0.533. The third-order valence-corrected chi connectivity index (χ3v) is 6.26. The van der Waals surface area contributed by atoms with Crippen molar-refractivity contribution in [2.75, 3.05) is 13.2 Å². The molecule has 2 fully saturated rings. The van der Waals surface area contributed by atoms with E-state index in [0.717, 1.165) is 19.3 Å². The molecule has 120 valence electrons. The molecule has 1 saturated carbocycles. The number of carboxylic acid groups (broad SMARTS) is 1. The lowest BCUT2D eigenvalue weighted by Gasteiger charge is -2.36. The Morgan fingerprint density at radius 3 is 2.68 bits per heavy atom. The van der Waals surface area contributed by atoms with Gasteiger partial charge in [-0.15, -0.1) is 0 Å². The molecule has 0 spiro atoms. The first-order valence-electron chi connectivity index (χ1n) is 7.42. The van der Waals surface area contributed by atoms with Gasteiger partial charge in [0.25, 0.3) is 0 Å². The molecule has 1 aliphatic carbocycles. The second-order valence-corrected chi connectivity index (χ2v) is 7.63. The van der Waals surface area contributed by atoms with Gasteiger partial charge < -0.3 is 9.84 Å². The summed E-state index contributed by atoms with van der Waals surface area (Å²) in [6.07, 6.45) is 2.63. The average molecular weight is 325 g/mol. The maximum absolute atomic E-state index is 12.8. The first kappa shape index (κ1) is 15.5. The molecule has 1 aromatic rings. The first-order valence-corrected chi connectivity index (χ1v) is 8.86. The van der Waals surface area contributed by atoms with Crippen molar-refractivity contribution in [3.63, 3.8) is 0 Å². The highest BCUT2D eigenvalue weighted by molar-refractivity contribution is 7.89. The van der Waals surface area contributed by atoms with E-state index >= 15 is 0 Å². The Morgan fingerprint density at radius 2 is 2.00 bits per heavy atom. The number of carbonyl (C=O) groups is 1. The summed E-state index contributed by atoms with van der Waals surface area (Å²) in [5, 5.41) is 8.76. The molecule has 3 rings (SSSR count). The van der Waals surface area contributed by atoms with E-state index in [4.69, 9.17) is 9.84 Å². The van der Waals surface area contributed by atoms with E-state index < -0.39 is 16.0 Å². The molecule has 2 aliphatic rings. The zero-order chi connectivity index (χ0) is 15.7. The highest BCUT2D eigenvalue weighted by Gasteiger charge is 2.42. The molecule has 1 aliphatic heterocycles. The van der Waals surface area contributed by atoms with Gasteiger partial charge in [-0.1, -0.05) is 12.1 Å². The molecule has 0 amide bonds. The minimum Gasteiger partial charge on any atom is -0.481 e. The van der Waals surface area contributed by atoms with Crippen LogP contribution in [0.4, 0.5) is 0 Å². The third kappa shape index (κ3) is 2.88. The molecule has 1 heterocycles. The number of fused-ring (bicyclic) bond motifs is 1. The van der Waals surface area contributed by atoms with Crippen LogP contribution < -0.4 is 0 Å². The van der Waals surface area contributed by atoms with Crippen molar-refractivity contribution in [2.45, 2.75) is 42.7 Å². The Balaban J connectivity index is 1.84. The van der Waals surface area contributed by atoms with Crippen molar-refractivity contribution in [3.05, 3.63) is 29.8 Å². The first-order chi connectivity index (χ1) is 10.5. The van der Waals surface area contributed by atoms with Crippen molar-refractivity contribution in [3.8, 4) is 0 Å². The fourth-order valence-corrected chi connectivity index (χ4v) is 4.94. The Bertz CT molecular complexity index is 655. The lowest BCUT2D eigenvalue weighted by Crippen LogP contribution is -2.51. The molecular weight excluding hydrogens is 306 g/mol. The lowest BCUT2D eigenvalue weighted by molar-refractivity contribution is -0.136. The van der Waals surface area contributed by atoms with Gasteiger partial charge in [-0.05, 0) is 37.0 Å². The topological polar surface area (TPSA) is 83.9 Å². The largest absolute Gasteiger partial charge is 0.481 e. The maximum atomic E-state index is 12.8. The molecule has 0 bridgehead atoms. The molecular formula is C15H19NO5S. The maximum Gasteiger partial charge on any atom is 0.307 e. The van der Waals surface area contributed by atoms with Crippen LogP contribution in [0.25, 0.3) is 0 Å². The number of carboxylic acids is 1. The summed E-state index contributed by atoms with van der Waals surface area (Å²) in [5.74, 6) is -0.933. The molecule has 0 radical (unpaired) electrons. The Kier molecular flexibility index (Phi) is 4.20. The molecule has 6 nitrogen and oxygen atoms in total. The number of rotatable bonds is 4. The summed E-state index contributed by atoms with van der Waals surface area (Å²) in [6, 6.07) is 6.04. The van der Waals surface area contributed by atoms with Crippen LogP contribution in [0.15, 0.2) is 29.2 Å². The van der Waals surface area contributed by atoms with Gasteiger partial charge in [0.05, 0.1) is 30.1 Å². The van der Waals surface area contributed by atoms with Gasteiger partial charge in [0.2, 0.25) is 10.0 Å². The van der Waals surface area contributed by atoms with Crippen LogP contribution in [-0.2, 0) is 26.0 Å². The average Bonchev–Trinajstić information content (AvgIpc) is 2.95. The van der Waals surface area contributed by atoms with Gasteiger partial charge in [-0.2, -0.15) is 4.31 Å². The highest BCUT2D eigenvalue weighted by atomic mass is 32.2. The monoisotopic (exact) mass is 325 g/mol. The predicted octanol–water partition coefficient (Wildman–Crippen LogP) is 1.26. The minimum atomic E-state index is -3.56. The van der Waals surface area contributed by atoms with Gasteiger partial charge in [0, 0.05) is 6.54 Å². The van der Waals surface area contributed by atoms with Crippen LogP contribution in [0.2, 0.25) is 0 Å². The van der Waals surface area contributed by atoms with Crippen LogP contribution in [0, 0.1) is 0 Å². The number of hydrogen-bond donors (Lipinski definition) is 1. The number of ether oxygens (including phenoxy) is 1. The van der Waals surface area contributed by atoms with Crippen molar-refractivity contribution in [2.24, 2.45) is 0 Å². The van der Waals surface area contributed by atoms with Crippen LogP contribution in [0.1, 0.15) is 24.8 Å². The third-order valence-electron chi connectivity index (χ3n) is 4.32. The Morgan fingerprint density at radius 1 is 1.27 bits per heavy atom. The fourth-order valence-electron chi connectivity index (χ4n) is 3.28. The Labute approximate surface area is 129 Å². The second-order valence-electron chi connectivity index (χ2n) is 5.74. The SMILES string of the molecule is O=C(O)Cc1ccc(S(=O)(=O)N2CCO[C@@H]3CCC[C@@H]32)cc1. The van der Waals surface area contributed by atoms with Crippen LogP contribution >= 0.6 is 0 Å². The second kappa shape index (κ2) is 5.98. The number of hydrogen-bond acceptors (Lipinski definition) is 4. The molecule has 0 unspecified atom stereocenters. The number of morpholine rings is 1. The molecule has 0 aromatic heterocycles. The summed E-state index contributed by atoms with van der Waals surface area (Å²) in [5.41, 5.74) is 0.590. The molecule has 1 saturated heterocycles. The van der Waals surface area contributed by atoms with E-state index in [2.05, 4.69) is 0 Å². The quantitative estimate of drug-likeness (QED) is 0.901. The summed E-state index contributed by atoms with van der Waals surface area (Å²) in [4.78, 5) is 10.9. The van der Waals surface area contributed by atoms with Crippen LogP contribution in [0.3, 0.4) is 0 Å². The smallest absolute Gasteiger partial charge is 0.307 e. The van der Waals surface area contributed by atoms with Gasteiger partial charge in [0.15, 0.2) is 0 Å². The van der Waals surface area contributed by atoms with Crippen molar-refractivity contribution < 1.29 is 23.1 Å².